The summed E-state index contributed by atoms with van der Waals surface area (Å²) in [6.07, 6.45) is 1.30. The van der Waals surface area contributed by atoms with Crippen LogP contribution in [0.1, 0.15) is 19.3 Å². The predicted octanol–water partition coefficient (Wildman–Crippen LogP) is -0.574. The first-order chi connectivity index (χ1) is 7.20. The van der Waals surface area contributed by atoms with Gasteiger partial charge in [0.15, 0.2) is 0 Å². The van der Waals surface area contributed by atoms with Crippen LogP contribution in [0.15, 0.2) is 0 Å². The van der Waals surface area contributed by atoms with Crippen molar-refractivity contribution in [2.45, 2.75) is 31.6 Å². The molecule has 0 saturated carbocycles. The molecule has 6 nitrogen and oxygen atoms in total. The van der Waals surface area contributed by atoms with Gasteiger partial charge in [0.1, 0.15) is 6.23 Å². The van der Waals surface area contributed by atoms with Gasteiger partial charge in [-0.15, -0.1) is 0 Å². The van der Waals surface area contributed by atoms with Crippen molar-refractivity contribution in [3.63, 3.8) is 0 Å². The van der Waals surface area contributed by atoms with E-state index in [1.54, 1.807) is 0 Å². The van der Waals surface area contributed by atoms with Crippen molar-refractivity contribution in [3.8, 4) is 0 Å². The molecule has 2 rings (SSSR count). The monoisotopic (exact) mass is 214 g/mol. The van der Waals surface area contributed by atoms with Crippen LogP contribution in [0.25, 0.3) is 0 Å². The minimum atomic E-state index is -0.394. The van der Waals surface area contributed by atoms with Crippen molar-refractivity contribution in [1.82, 2.24) is 10.2 Å². The van der Waals surface area contributed by atoms with E-state index < -0.39 is 6.03 Å². The maximum Gasteiger partial charge on any atom is 0.326 e. The van der Waals surface area contributed by atoms with Crippen LogP contribution in [-0.2, 0) is 9.53 Å². The number of aliphatic hydroxyl groups is 1. The van der Waals surface area contributed by atoms with E-state index in [0.717, 1.165) is 6.42 Å². The second-order valence-electron chi connectivity index (χ2n) is 3.77. The normalized spacial score (nSPS) is 31.9. The lowest BCUT2D eigenvalue weighted by Crippen LogP contribution is -2.53. The molecule has 0 spiro atoms. The van der Waals surface area contributed by atoms with Crippen molar-refractivity contribution >= 4 is 11.9 Å². The number of hydrogen-bond acceptors (Lipinski definition) is 4. The van der Waals surface area contributed by atoms with Crippen LogP contribution in [0.3, 0.4) is 0 Å². The van der Waals surface area contributed by atoms with Crippen LogP contribution >= 0.6 is 0 Å². The minimum absolute atomic E-state index is 0.0229. The molecule has 2 unspecified atom stereocenters. The van der Waals surface area contributed by atoms with Crippen molar-refractivity contribution in [2.24, 2.45) is 0 Å². The fraction of sp³-hybridized carbons (Fsp3) is 0.778. The number of amides is 3. The molecule has 0 aromatic carbocycles. The zero-order chi connectivity index (χ0) is 10.8. The number of rotatable bonds is 2. The van der Waals surface area contributed by atoms with Crippen molar-refractivity contribution in [2.75, 3.05) is 13.2 Å². The van der Waals surface area contributed by atoms with E-state index in [2.05, 4.69) is 5.32 Å². The molecule has 15 heavy (non-hydrogen) atoms. The molecule has 2 saturated heterocycles. The van der Waals surface area contributed by atoms with E-state index in [1.807, 2.05) is 0 Å². The molecule has 0 aromatic rings. The third kappa shape index (κ3) is 2.10. The van der Waals surface area contributed by atoms with Crippen LogP contribution in [0, 0.1) is 0 Å². The quantitative estimate of drug-likeness (QED) is 0.645. The molecular weight excluding hydrogens is 200 g/mol. The predicted molar refractivity (Wildman–Crippen MR) is 49.8 cm³/mol. The van der Waals surface area contributed by atoms with Gasteiger partial charge in [0.2, 0.25) is 5.91 Å². The number of aliphatic hydroxyl groups excluding tert-OH is 1. The van der Waals surface area contributed by atoms with Crippen molar-refractivity contribution < 1.29 is 19.4 Å². The molecule has 2 N–H and O–H groups in total. The Bertz CT molecular complexity index is 281. The van der Waals surface area contributed by atoms with Crippen LogP contribution in [-0.4, -0.2) is 47.4 Å². The first-order valence-electron chi connectivity index (χ1n) is 5.07. The summed E-state index contributed by atoms with van der Waals surface area (Å²) in [5.41, 5.74) is 0. The van der Waals surface area contributed by atoms with Gasteiger partial charge in [-0.25, -0.2) is 4.79 Å². The standard InChI is InChI=1S/C9H14N2O4/c12-5-6-1-2-8(15-6)11-4-3-7(13)10-9(11)14/h6,8,12H,1-5H2,(H,10,13,14). The summed E-state index contributed by atoms with van der Waals surface area (Å²) in [5, 5.41) is 11.1. The average Bonchev–Trinajstić information content (AvgIpc) is 2.66. The van der Waals surface area contributed by atoms with Gasteiger partial charge in [-0.1, -0.05) is 0 Å². The summed E-state index contributed by atoms with van der Waals surface area (Å²) >= 11 is 0. The highest BCUT2D eigenvalue weighted by Crippen LogP contribution is 2.23. The lowest BCUT2D eigenvalue weighted by molar-refractivity contribution is -0.123. The Hall–Kier alpha value is -1.14. The van der Waals surface area contributed by atoms with Crippen molar-refractivity contribution in [3.05, 3.63) is 0 Å². The number of carbonyl (C=O) groups excluding carboxylic acids is 2. The number of ether oxygens (including phenoxy) is 1. The number of hydrogen-bond donors (Lipinski definition) is 2. The summed E-state index contributed by atoms with van der Waals surface area (Å²) in [6.45, 7) is 0.373. The molecule has 0 aliphatic carbocycles. The summed E-state index contributed by atoms with van der Waals surface area (Å²) in [4.78, 5) is 23.9. The van der Waals surface area contributed by atoms with Crippen LogP contribution < -0.4 is 5.32 Å². The third-order valence-electron chi connectivity index (χ3n) is 2.72. The fourth-order valence-electron chi connectivity index (χ4n) is 1.90. The number of nitrogens with one attached hydrogen (secondary N) is 1. The van der Waals surface area contributed by atoms with Gasteiger partial charge in [0, 0.05) is 13.0 Å². The Balaban J connectivity index is 1.94. The van der Waals surface area contributed by atoms with Gasteiger partial charge in [-0.05, 0) is 12.8 Å². The Morgan fingerprint density at radius 2 is 2.27 bits per heavy atom. The number of nitrogens with zero attached hydrogens (tertiary/aromatic N) is 1. The zero-order valence-electron chi connectivity index (χ0n) is 8.31. The average molecular weight is 214 g/mol. The van der Waals surface area contributed by atoms with Gasteiger partial charge in [-0.3, -0.25) is 15.0 Å². The van der Waals surface area contributed by atoms with Gasteiger partial charge in [0.05, 0.1) is 12.7 Å². The highest BCUT2D eigenvalue weighted by atomic mass is 16.5. The van der Waals surface area contributed by atoms with Gasteiger partial charge >= 0.3 is 6.03 Å². The first kappa shape index (κ1) is 10.4. The van der Waals surface area contributed by atoms with E-state index in [0.29, 0.717) is 19.4 Å². The van der Waals surface area contributed by atoms with Gasteiger partial charge in [0.25, 0.3) is 0 Å². The second-order valence-corrected chi connectivity index (χ2v) is 3.77. The minimum Gasteiger partial charge on any atom is -0.394 e. The first-order valence-corrected chi connectivity index (χ1v) is 5.07. The Kier molecular flexibility index (Phi) is 2.88. The lowest BCUT2D eigenvalue weighted by Gasteiger charge is -2.31. The maximum atomic E-state index is 11.4. The molecule has 0 bridgehead atoms. The molecule has 3 amide bonds. The summed E-state index contributed by atoms with van der Waals surface area (Å²) in [7, 11) is 0. The summed E-state index contributed by atoms with van der Waals surface area (Å²) in [6, 6.07) is -0.394. The molecule has 2 heterocycles. The Morgan fingerprint density at radius 3 is 2.87 bits per heavy atom. The van der Waals surface area contributed by atoms with Gasteiger partial charge in [-0.2, -0.15) is 0 Å². The molecule has 0 aromatic heterocycles. The van der Waals surface area contributed by atoms with E-state index in [4.69, 9.17) is 9.84 Å². The van der Waals surface area contributed by atoms with Gasteiger partial charge < -0.3 is 9.84 Å². The third-order valence-corrected chi connectivity index (χ3v) is 2.72. The smallest absolute Gasteiger partial charge is 0.326 e. The molecular formula is C9H14N2O4. The number of urea groups is 1. The van der Waals surface area contributed by atoms with Crippen LogP contribution in [0.2, 0.25) is 0 Å². The van der Waals surface area contributed by atoms with E-state index in [1.165, 1.54) is 4.90 Å². The SMILES string of the molecule is O=C1CCN(C2CCC(CO)O2)C(=O)N1. The number of imide groups is 1. The lowest BCUT2D eigenvalue weighted by atomic mass is 10.2. The van der Waals surface area contributed by atoms with Crippen LogP contribution in [0.5, 0.6) is 0 Å². The van der Waals surface area contributed by atoms with E-state index in [-0.39, 0.29) is 24.8 Å². The zero-order valence-corrected chi connectivity index (χ0v) is 8.31. The maximum absolute atomic E-state index is 11.4. The Morgan fingerprint density at radius 1 is 1.47 bits per heavy atom. The topological polar surface area (TPSA) is 78.9 Å². The molecule has 2 atom stereocenters. The van der Waals surface area contributed by atoms with Crippen LogP contribution in [0.4, 0.5) is 4.79 Å². The molecule has 2 aliphatic rings. The Labute approximate surface area is 87.2 Å². The second kappa shape index (κ2) is 4.16. The summed E-state index contributed by atoms with van der Waals surface area (Å²) < 4.78 is 5.46. The molecule has 2 aliphatic heterocycles. The fourth-order valence-corrected chi connectivity index (χ4v) is 1.90. The highest BCUT2D eigenvalue weighted by molar-refractivity contribution is 5.96. The summed E-state index contributed by atoms with van der Waals surface area (Å²) in [5.74, 6) is -0.243. The van der Waals surface area contributed by atoms with Crippen molar-refractivity contribution in [1.29, 1.82) is 0 Å². The molecule has 2 fully saturated rings. The number of carbonyl (C=O) groups is 2. The van der Waals surface area contributed by atoms with E-state index >= 15 is 0 Å². The van der Waals surface area contributed by atoms with E-state index in [9.17, 15) is 9.59 Å². The molecule has 6 heteroatoms. The molecule has 0 radical (unpaired) electrons. The highest BCUT2D eigenvalue weighted by Gasteiger charge is 2.35. The molecule has 84 valence electrons. The largest absolute Gasteiger partial charge is 0.394 e.